The summed E-state index contributed by atoms with van der Waals surface area (Å²) in [5, 5.41) is 8.13. The lowest BCUT2D eigenvalue weighted by atomic mass is 9.95. The quantitative estimate of drug-likeness (QED) is 0.297. The number of benzene rings is 3. The molecule has 0 radical (unpaired) electrons. The summed E-state index contributed by atoms with van der Waals surface area (Å²) in [7, 11) is 1.34. The highest BCUT2D eigenvalue weighted by Gasteiger charge is 2.33. The van der Waals surface area contributed by atoms with Gasteiger partial charge in [-0.15, -0.1) is 0 Å². The summed E-state index contributed by atoms with van der Waals surface area (Å²) in [6.45, 7) is 5.18. The molecular weight excluding hydrogens is 547 g/mol. The molecule has 0 saturated carbocycles. The summed E-state index contributed by atoms with van der Waals surface area (Å²) in [4.78, 5) is 38.1. The number of ether oxygens (including phenoxy) is 1. The van der Waals surface area contributed by atoms with Gasteiger partial charge in [-0.3, -0.25) is 14.4 Å². The molecule has 0 unspecified atom stereocenters. The van der Waals surface area contributed by atoms with Crippen LogP contribution < -0.4 is 20.7 Å². The maximum atomic E-state index is 13.3. The van der Waals surface area contributed by atoms with E-state index in [2.05, 4.69) is 16.0 Å². The Labute approximate surface area is 235 Å². The van der Waals surface area contributed by atoms with Crippen molar-refractivity contribution in [3.05, 3.63) is 93.5 Å². The van der Waals surface area contributed by atoms with Crippen molar-refractivity contribution in [2.45, 2.75) is 40.0 Å². The van der Waals surface area contributed by atoms with E-state index < -0.39 is 29.0 Å². The molecule has 0 aliphatic rings. The predicted molar refractivity (Wildman–Crippen MR) is 146 cm³/mol. The van der Waals surface area contributed by atoms with Crippen LogP contribution in [0.4, 0.5) is 18.9 Å². The number of alkyl halides is 3. The van der Waals surface area contributed by atoms with E-state index in [1.54, 1.807) is 39.0 Å². The van der Waals surface area contributed by atoms with Crippen LogP contribution in [-0.2, 0) is 24.1 Å². The van der Waals surface area contributed by atoms with Crippen molar-refractivity contribution >= 4 is 35.0 Å². The summed E-state index contributed by atoms with van der Waals surface area (Å²) in [6, 6.07) is 14.0. The van der Waals surface area contributed by atoms with Gasteiger partial charge in [-0.25, -0.2) is 0 Å². The van der Waals surface area contributed by atoms with Crippen molar-refractivity contribution in [1.82, 2.24) is 10.6 Å². The molecule has 3 N–H and O–H groups in total. The smallest absolute Gasteiger partial charge is 0.416 e. The number of methoxy groups -OCH3 is 1. The fourth-order valence-corrected chi connectivity index (χ4v) is 3.89. The third-order valence-corrected chi connectivity index (χ3v) is 6.20. The van der Waals surface area contributed by atoms with Gasteiger partial charge in [0, 0.05) is 24.2 Å². The Balaban J connectivity index is 1.76. The Morgan fingerprint density at radius 1 is 0.850 bits per heavy atom. The summed E-state index contributed by atoms with van der Waals surface area (Å²) in [6.07, 6.45) is -4.57. The van der Waals surface area contributed by atoms with Gasteiger partial charge in [-0.05, 0) is 47.5 Å². The monoisotopic (exact) mass is 575 g/mol. The zero-order valence-corrected chi connectivity index (χ0v) is 23.1. The van der Waals surface area contributed by atoms with Crippen LogP contribution in [0.15, 0.2) is 60.7 Å². The van der Waals surface area contributed by atoms with Crippen LogP contribution in [0.25, 0.3) is 0 Å². The van der Waals surface area contributed by atoms with Crippen molar-refractivity contribution in [3.63, 3.8) is 0 Å². The van der Waals surface area contributed by atoms with E-state index in [0.717, 1.165) is 6.07 Å². The number of anilines is 1. The second kappa shape index (κ2) is 12.4. The molecule has 212 valence electrons. The van der Waals surface area contributed by atoms with Crippen molar-refractivity contribution in [2.75, 3.05) is 12.4 Å². The van der Waals surface area contributed by atoms with Crippen LogP contribution in [-0.4, -0.2) is 24.8 Å². The van der Waals surface area contributed by atoms with E-state index in [0.29, 0.717) is 5.56 Å². The number of rotatable bonds is 8. The van der Waals surface area contributed by atoms with Crippen LogP contribution in [0.3, 0.4) is 0 Å². The highest BCUT2D eigenvalue weighted by atomic mass is 35.5. The minimum Gasteiger partial charge on any atom is -0.496 e. The second-order valence-electron chi connectivity index (χ2n) is 9.95. The third kappa shape index (κ3) is 7.75. The number of amides is 3. The number of halogens is 4. The molecule has 0 aliphatic heterocycles. The SMILES string of the molecule is COc1ccc(NC(=O)c2cc(CNC(=O)C(C)(C)C)ccc2Cl)cc1C(=O)NCc1ccccc1C(F)(F)F. The van der Waals surface area contributed by atoms with E-state index in [1.165, 1.54) is 43.5 Å². The zero-order valence-electron chi connectivity index (χ0n) is 22.3. The van der Waals surface area contributed by atoms with Gasteiger partial charge in [0.2, 0.25) is 5.91 Å². The summed E-state index contributed by atoms with van der Waals surface area (Å²) in [5.41, 5.74) is -0.480. The Morgan fingerprint density at radius 3 is 2.20 bits per heavy atom. The predicted octanol–water partition coefficient (Wildman–Crippen LogP) is 6.21. The first kappa shape index (κ1) is 30.5. The molecule has 0 heterocycles. The molecule has 0 atom stereocenters. The third-order valence-electron chi connectivity index (χ3n) is 5.87. The van der Waals surface area contributed by atoms with Gasteiger partial charge in [-0.2, -0.15) is 13.2 Å². The molecular formula is C29H29ClF3N3O4. The van der Waals surface area contributed by atoms with Gasteiger partial charge >= 0.3 is 6.18 Å². The normalized spacial score (nSPS) is 11.5. The minimum absolute atomic E-state index is 0.00882. The van der Waals surface area contributed by atoms with Crippen molar-refractivity contribution < 1.29 is 32.3 Å². The van der Waals surface area contributed by atoms with Crippen LogP contribution >= 0.6 is 11.6 Å². The average molecular weight is 576 g/mol. The highest BCUT2D eigenvalue weighted by Crippen LogP contribution is 2.32. The van der Waals surface area contributed by atoms with Crippen LogP contribution in [0.5, 0.6) is 5.75 Å². The van der Waals surface area contributed by atoms with Gasteiger partial charge in [0.15, 0.2) is 0 Å². The molecule has 3 aromatic carbocycles. The number of carbonyl (C=O) groups excluding carboxylic acids is 3. The molecule has 0 fully saturated rings. The minimum atomic E-state index is -4.57. The maximum Gasteiger partial charge on any atom is 0.416 e. The second-order valence-corrected chi connectivity index (χ2v) is 10.4. The molecule has 40 heavy (non-hydrogen) atoms. The lowest BCUT2D eigenvalue weighted by Gasteiger charge is -2.18. The first-order chi connectivity index (χ1) is 18.7. The molecule has 7 nitrogen and oxygen atoms in total. The number of nitrogens with one attached hydrogen (secondary N) is 3. The number of hydrogen-bond acceptors (Lipinski definition) is 4. The fraction of sp³-hybridized carbons (Fsp3) is 0.276. The highest BCUT2D eigenvalue weighted by molar-refractivity contribution is 6.34. The van der Waals surface area contributed by atoms with E-state index in [4.69, 9.17) is 16.3 Å². The molecule has 0 bridgehead atoms. The summed E-state index contributed by atoms with van der Waals surface area (Å²) in [5.74, 6) is -1.25. The van der Waals surface area contributed by atoms with E-state index in [-0.39, 0.29) is 52.1 Å². The first-order valence-electron chi connectivity index (χ1n) is 12.2. The van der Waals surface area contributed by atoms with E-state index >= 15 is 0 Å². The first-order valence-corrected chi connectivity index (χ1v) is 12.6. The van der Waals surface area contributed by atoms with Crippen molar-refractivity contribution in [2.24, 2.45) is 5.41 Å². The van der Waals surface area contributed by atoms with Gasteiger partial charge in [-0.1, -0.05) is 56.6 Å². The van der Waals surface area contributed by atoms with E-state index in [9.17, 15) is 27.6 Å². The molecule has 0 saturated heterocycles. The standard InChI is InChI=1S/C29H29ClF3N3O4/c1-28(2,3)27(39)35-15-17-9-11-23(30)20(13-17)26(38)36-19-10-12-24(40-4)21(14-19)25(37)34-16-18-7-5-6-8-22(18)29(31,32)33/h5-14H,15-16H2,1-4H3,(H,34,37)(H,35,39)(H,36,38). The maximum absolute atomic E-state index is 13.3. The van der Waals surface area contributed by atoms with Crippen LogP contribution in [0.1, 0.15) is 58.2 Å². The average Bonchev–Trinajstić information content (AvgIpc) is 2.90. The Kier molecular flexibility index (Phi) is 9.47. The van der Waals surface area contributed by atoms with Crippen LogP contribution in [0.2, 0.25) is 5.02 Å². The Morgan fingerprint density at radius 2 is 1.55 bits per heavy atom. The van der Waals surface area contributed by atoms with Gasteiger partial charge in [0.1, 0.15) is 5.75 Å². The molecule has 11 heteroatoms. The largest absolute Gasteiger partial charge is 0.496 e. The van der Waals surface area contributed by atoms with Crippen molar-refractivity contribution in [3.8, 4) is 5.75 Å². The zero-order chi connectivity index (χ0) is 29.7. The number of carbonyl (C=O) groups is 3. The molecule has 0 spiro atoms. The topological polar surface area (TPSA) is 96.5 Å². The molecule has 0 aromatic heterocycles. The number of hydrogen-bond donors (Lipinski definition) is 3. The van der Waals surface area contributed by atoms with E-state index in [1.807, 2.05) is 0 Å². The lowest BCUT2D eigenvalue weighted by Crippen LogP contribution is -2.34. The van der Waals surface area contributed by atoms with Crippen LogP contribution in [0, 0.1) is 5.41 Å². The fourth-order valence-electron chi connectivity index (χ4n) is 3.69. The van der Waals surface area contributed by atoms with Gasteiger partial charge < -0.3 is 20.7 Å². The van der Waals surface area contributed by atoms with Gasteiger partial charge in [0.25, 0.3) is 11.8 Å². The Hall–Kier alpha value is -4.05. The molecule has 3 amide bonds. The molecule has 3 aromatic rings. The lowest BCUT2D eigenvalue weighted by molar-refractivity contribution is -0.138. The van der Waals surface area contributed by atoms with Crippen molar-refractivity contribution in [1.29, 1.82) is 0 Å². The molecule has 3 rings (SSSR count). The molecule has 0 aliphatic carbocycles. The summed E-state index contributed by atoms with van der Waals surface area (Å²) >= 11 is 6.25. The summed E-state index contributed by atoms with van der Waals surface area (Å²) < 4.78 is 45.2. The Bertz CT molecular complexity index is 1420. The van der Waals surface area contributed by atoms with Gasteiger partial charge in [0.05, 0.1) is 28.8 Å².